The lowest BCUT2D eigenvalue weighted by Crippen LogP contribution is -2.20. The molecule has 0 saturated heterocycles. The van der Waals surface area contributed by atoms with Gasteiger partial charge in [-0.2, -0.15) is 0 Å². The number of carbonyl (C=O) groups is 2. The minimum atomic E-state index is -0.731. The number of hydrogen-bond donors (Lipinski definition) is 1. The van der Waals surface area contributed by atoms with Crippen LogP contribution in [0.2, 0.25) is 10.0 Å². The van der Waals surface area contributed by atoms with Gasteiger partial charge in [0.05, 0.1) is 15.0 Å². The fraction of sp³-hybridized carbons (Fsp3) is 0.0588. The number of amides is 1. The van der Waals surface area contributed by atoms with E-state index in [9.17, 15) is 19.7 Å². The Morgan fingerprint density at radius 1 is 1.15 bits per heavy atom. The van der Waals surface area contributed by atoms with Crippen LogP contribution in [-0.4, -0.2) is 23.4 Å². The molecule has 0 aliphatic heterocycles. The summed E-state index contributed by atoms with van der Waals surface area (Å²) in [5.41, 5.74) is 0.702. The van der Waals surface area contributed by atoms with Crippen molar-refractivity contribution >= 4 is 52.5 Å². The maximum atomic E-state index is 11.7. The van der Waals surface area contributed by atoms with E-state index in [-0.39, 0.29) is 11.4 Å². The number of hydrogen-bond acceptors (Lipinski definition) is 5. The van der Waals surface area contributed by atoms with E-state index >= 15 is 0 Å². The molecule has 0 atom stereocenters. The first-order valence-corrected chi connectivity index (χ1v) is 7.95. The maximum Gasteiger partial charge on any atom is 0.331 e. The number of nitrogens with zero attached hydrogens (tertiary/aromatic N) is 1. The zero-order valence-electron chi connectivity index (χ0n) is 13.1. The van der Waals surface area contributed by atoms with E-state index in [1.165, 1.54) is 30.3 Å². The molecule has 0 heterocycles. The third kappa shape index (κ3) is 5.87. The molecule has 1 N–H and O–H groups in total. The van der Waals surface area contributed by atoms with Crippen molar-refractivity contribution in [1.82, 2.24) is 0 Å². The van der Waals surface area contributed by atoms with E-state index in [4.69, 9.17) is 27.9 Å². The number of non-ortho nitro benzene ring substituents is 1. The first-order valence-electron chi connectivity index (χ1n) is 7.19. The summed E-state index contributed by atoms with van der Waals surface area (Å²) < 4.78 is 4.80. The fourth-order valence-corrected chi connectivity index (χ4v) is 2.17. The lowest BCUT2D eigenvalue weighted by molar-refractivity contribution is -0.384. The minimum absolute atomic E-state index is 0.163. The molecular weight excluding hydrogens is 383 g/mol. The van der Waals surface area contributed by atoms with Crippen LogP contribution in [0, 0.1) is 10.1 Å². The summed E-state index contributed by atoms with van der Waals surface area (Å²) in [4.78, 5) is 33.5. The van der Waals surface area contributed by atoms with Crippen molar-refractivity contribution in [2.75, 3.05) is 11.9 Å². The van der Waals surface area contributed by atoms with Gasteiger partial charge < -0.3 is 10.1 Å². The van der Waals surface area contributed by atoms with Crippen molar-refractivity contribution in [1.29, 1.82) is 0 Å². The van der Waals surface area contributed by atoms with Crippen LogP contribution in [0.5, 0.6) is 0 Å². The average molecular weight is 395 g/mol. The van der Waals surface area contributed by atoms with Gasteiger partial charge in [-0.1, -0.05) is 35.3 Å². The molecule has 134 valence electrons. The van der Waals surface area contributed by atoms with Gasteiger partial charge in [0.1, 0.15) is 0 Å². The molecule has 0 aromatic heterocycles. The van der Waals surface area contributed by atoms with E-state index in [2.05, 4.69) is 5.32 Å². The highest BCUT2D eigenvalue weighted by Crippen LogP contribution is 2.23. The molecule has 0 spiro atoms. The maximum absolute atomic E-state index is 11.7. The second-order valence-corrected chi connectivity index (χ2v) is 5.78. The van der Waals surface area contributed by atoms with Crippen LogP contribution >= 0.6 is 23.2 Å². The van der Waals surface area contributed by atoms with Gasteiger partial charge in [0.2, 0.25) is 0 Å². The van der Waals surface area contributed by atoms with Crippen LogP contribution in [0.1, 0.15) is 5.56 Å². The van der Waals surface area contributed by atoms with Crippen LogP contribution in [0.15, 0.2) is 48.5 Å². The number of anilines is 1. The Morgan fingerprint density at radius 3 is 2.62 bits per heavy atom. The fourth-order valence-electron chi connectivity index (χ4n) is 1.86. The van der Waals surface area contributed by atoms with Crippen molar-refractivity contribution in [2.45, 2.75) is 0 Å². The van der Waals surface area contributed by atoms with Crippen molar-refractivity contribution in [2.24, 2.45) is 0 Å². The Balaban J connectivity index is 1.85. The molecule has 0 fully saturated rings. The number of nitrogens with one attached hydrogen (secondary N) is 1. The highest BCUT2D eigenvalue weighted by molar-refractivity contribution is 6.42. The van der Waals surface area contributed by atoms with Crippen LogP contribution in [0.25, 0.3) is 6.08 Å². The van der Waals surface area contributed by atoms with Crippen LogP contribution < -0.4 is 5.32 Å². The molecule has 2 aromatic carbocycles. The van der Waals surface area contributed by atoms with E-state index in [0.29, 0.717) is 15.6 Å². The Hall–Kier alpha value is -2.90. The summed E-state index contributed by atoms with van der Waals surface area (Å²) in [6.07, 6.45) is 2.60. The molecule has 2 rings (SSSR count). The molecule has 0 aliphatic rings. The smallest absolute Gasteiger partial charge is 0.331 e. The first-order chi connectivity index (χ1) is 12.3. The molecule has 0 saturated carbocycles. The number of nitro benzene ring substituents is 1. The molecule has 0 unspecified atom stereocenters. The summed E-state index contributed by atoms with van der Waals surface area (Å²) in [5, 5.41) is 13.8. The SMILES string of the molecule is O=C(COC(=O)/C=C/c1ccc(Cl)c(Cl)c1)Nc1cccc([N+](=O)[O-])c1. The molecule has 0 aliphatic carbocycles. The van der Waals surface area contributed by atoms with Gasteiger partial charge in [-0.05, 0) is 29.8 Å². The number of nitro groups is 1. The van der Waals surface area contributed by atoms with Crippen molar-refractivity contribution in [3.63, 3.8) is 0 Å². The monoisotopic (exact) mass is 394 g/mol. The Morgan fingerprint density at radius 2 is 1.92 bits per heavy atom. The average Bonchev–Trinajstić information content (AvgIpc) is 2.61. The van der Waals surface area contributed by atoms with Crippen LogP contribution in [-0.2, 0) is 14.3 Å². The first kappa shape index (κ1) is 19.4. The van der Waals surface area contributed by atoms with Gasteiger partial charge >= 0.3 is 5.97 Å². The standard InChI is InChI=1S/C17H12Cl2N2O5/c18-14-6-4-11(8-15(14)19)5-7-17(23)26-10-16(22)20-12-2-1-3-13(9-12)21(24)25/h1-9H,10H2,(H,20,22)/b7-5+. The molecule has 0 bridgehead atoms. The third-order valence-corrected chi connectivity index (χ3v) is 3.78. The second-order valence-electron chi connectivity index (χ2n) is 4.97. The summed E-state index contributed by atoms with van der Waals surface area (Å²) in [6, 6.07) is 10.2. The predicted molar refractivity (Wildman–Crippen MR) is 98.2 cm³/mol. The molecule has 26 heavy (non-hydrogen) atoms. The normalized spacial score (nSPS) is 10.5. The van der Waals surface area contributed by atoms with Crippen molar-refractivity contribution in [3.8, 4) is 0 Å². The second kappa shape index (κ2) is 8.98. The Bertz CT molecular complexity index is 883. The van der Waals surface area contributed by atoms with Gasteiger partial charge in [-0.25, -0.2) is 4.79 Å². The number of rotatable bonds is 6. The molecule has 2 aromatic rings. The van der Waals surface area contributed by atoms with Crippen molar-refractivity contribution in [3.05, 3.63) is 74.3 Å². The zero-order chi connectivity index (χ0) is 19.1. The molecule has 7 nitrogen and oxygen atoms in total. The number of ether oxygens (including phenoxy) is 1. The number of esters is 1. The largest absolute Gasteiger partial charge is 0.452 e. The van der Waals surface area contributed by atoms with Gasteiger partial charge in [-0.3, -0.25) is 14.9 Å². The van der Waals surface area contributed by atoms with E-state index in [0.717, 1.165) is 6.08 Å². The highest BCUT2D eigenvalue weighted by atomic mass is 35.5. The molecule has 0 radical (unpaired) electrons. The van der Waals surface area contributed by atoms with Gasteiger partial charge in [-0.15, -0.1) is 0 Å². The highest BCUT2D eigenvalue weighted by Gasteiger charge is 2.09. The molecular formula is C17H12Cl2N2O5. The number of benzene rings is 2. The summed E-state index contributed by atoms with van der Waals surface area (Å²) in [5.74, 6) is -1.35. The topological polar surface area (TPSA) is 98.5 Å². The predicted octanol–water partition coefficient (Wildman–Crippen LogP) is 4.10. The van der Waals surface area contributed by atoms with E-state index < -0.39 is 23.4 Å². The lowest BCUT2D eigenvalue weighted by atomic mass is 10.2. The Labute approximate surface area is 158 Å². The summed E-state index contributed by atoms with van der Waals surface area (Å²) in [7, 11) is 0. The number of halogens is 2. The molecule has 9 heteroatoms. The van der Waals surface area contributed by atoms with Gasteiger partial charge in [0.25, 0.3) is 11.6 Å². The molecule has 1 amide bonds. The van der Waals surface area contributed by atoms with E-state index in [1.807, 2.05) is 0 Å². The van der Waals surface area contributed by atoms with Crippen LogP contribution in [0.4, 0.5) is 11.4 Å². The van der Waals surface area contributed by atoms with Crippen LogP contribution in [0.3, 0.4) is 0 Å². The minimum Gasteiger partial charge on any atom is -0.452 e. The van der Waals surface area contributed by atoms with E-state index in [1.54, 1.807) is 18.2 Å². The van der Waals surface area contributed by atoms with Crippen molar-refractivity contribution < 1.29 is 19.2 Å². The lowest BCUT2D eigenvalue weighted by Gasteiger charge is -2.05. The summed E-state index contributed by atoms with van der Waals surface area (Å²) >= 11 is 11.7. The Kier molecular flexibility index (Phi) is 6.71. The third-order valence-electron chi connectivity index (χ3n) is 3.04. The number of carbonyl (C=O) groups excluding carboxylic acids is 2. The quantitative estimate of drug-likeness (QED) is 0.344. The van der Waals surface area contributed by atoms with Gasteiger partial charge in [0, 0.05) is 23.9 Å². The van der Waals surface area contributed by atoms with Gasteiger partial charge in [0.15, 0.2) is 6.61 Å². The zero-order valence-corrected chi connectivity index (χ0v) is 14.7. The summed E-state index contributed by atoms with van der Waals surface area (Å²) in [6.45, 7) is -0.534.